The molecule has 0 aliphatic carbocycles. The molecule has 3 rings (SSSR count). The van der Waals surface area contributed by atoms with Crippen LogP contribution in [0, 0.1) is 17.5 Å². The summed E-state index contributed by atoms with van der Waals surface area (Å²) in [5, 5.41) is 0. The Morgan fingerprint density at radius 1 is 0.722 bits per heavy atom. The fraction of sp³-hybridized carbons (Fsp3) is 0.333. The largest absolute Gasteiger partial charge is 0.429 e. The number of ether oxygens (including phenoxy) is 2. The van der Waals surface area contributed by atoms with E-state index in [1.807, 2.05) is 6.92 Å². The van der Waals surface area contributed by atoms with E-state index in [-0.39, 0.29) is 24.2 Å². The van der Waals surface area contributed by atoms with Gasteiger partial charge in [-0.05, 0) is 78.8 Å². The average molecular weight is 514 g/mol. The molecule has 9 heteroatoms. The van der Waals surface area contributed by atoms with Gasteiger partial charge in [-0.25, -0.2) is 13.2 Å². The molecule has 0 saturated heterocycles. The molecular formula is C27H25F7O2. The predicted molar refractivity (Wildman–Crippen MR) is 121 cm³/mol. The van der Waals surface area contributed by atoms with Crippen LogP contribution in [0.15, 0.2) is 54.6 Å². The number of hydrogen-bond acceptors (Lipinski definition) is 2. The Kier molecular flexibility index (Phi) is 9.23. The van der Waals surface area contributed by atoms with Crippen LogP contribution in [0.1, 0.15) is 48.4 Å². The molecule has 0 fully saturated rings. The molecule has 0 heterocycles. The average Bonchev–Trinajstić information content (AvgIpc) is 2.81. The van der Waals surface area contributed by atoms with Crippen LogP contribution in [-0.2, 0) is 25.4 Å². The van der Waals surface area contributed by atoms with Crippen molar-refractivity contribution in [1.82, 2.24) is 0 Å². The van der Waals surface area contributed by atoms with Crippen LogP contribution in [0.5, 0.6) is 11.5 Å². The molecule has 0 aliphatic heterocycles. The molecule has 0 spiro atoms. The van der Waals surface area contributed by atoms with E-state index >= 15 is 0 Å². The molecule has 0 unspecified atom stereocenters. The summed E-state index contributed by atoms with van der Waals surface area (Å²) >= 11 is 0. The highest BCUT2D eigenvalue weighted by atomic mass is 19.3. The van der Waals surface area contributed by atoms with Gasteiger partial charge in [0.25, 0.3) is 0 Å². The van der Waals surface area contributed by atoms with Crippen molar-refractivity contribution < 1.29 is 40.2 Å². The smallest absolute Gasteiger partial charge is 0.429 e. The SMILES string of the molecule is CCCCCc1ccc(C(F)(F)Oc2ccc(CCc3cc(F)c(OC(F)F)c(F)c3)cc2)c(F)c1. The third-order valence-electron chi connectivity index (χ3n) is 5.55. The van der Waals surface area contributed by atoms with Crippen molar-refractivity contribution >= 4 is 0 Å². The lowest BCUT2D eigenvalue weighted by Gasteiger charge is -2.19. The van der Waals surface area contributed by atoms with Crippen molar-refractivity contribution in [2.75, 3.05) is 0 Å². The van der Waals surface area contributed by atoms with E-state index in [9.17, 15) is 30.7 Å². The minimum atomic E-state index is -3.90. The molecule has 194 valence electrons. The lowest BCUT2D eigenvalue weighted by molar-refractivity contribution is -0.187. The Labute approximate surface area is 204 Å². The molecule has 0 saturated carbocycles. The van der Waals surface area contributed by atoms with Crippen molar-refractivity contribution in [2.45, 2.75) is 58.2 Å². The topological polar surface area (TPSA) is 18.5 Å². The quantitative estimate of drug-likeness (QED) is 0.179. The van der Waals surface area contributed by atoms with Crippen LogP contribution in [0.4, 0.5) is 30.7 Å². The van der Waals surface area contributed by atoms with E-state index in [0.717, 1.165) is 43.5 Å². The maximum absolute atomic E-state index is 14.6. The number of halogens is 7. The lowest BCUT2D eigenvalue weighted by Crippen LogP contribution is -2.23. The summed E-state index contributed by atoms with van der Waals surface area (Å²) < 4.78 is 104. The molecule has 0 radical (unpaired) electrons. The van der Waals surface area contributed by atoms with Crippen molar-refractivity contribution in [2.24, 2.45) is 0 Å². The van der Waals surface area contributed by atoms with Crippen LogP contribution in [0.25, 0.3) is 0 Å². The van der Waals surface area contributed by atoms with Gasteiger partial charge in [0.15, 0.2) is 17.4 Å². The lowest BCUT2D eigenvalue weighted by atomic mass is 10.0. The summed E-state index contributed by atoms with van der Waals surface area (Å²) in [5.41, 5.74) is 0.615. The molecule has 0 bridgehead atoms. The number of alkyl halides is 4. The van der Waals surface area contributed by atoms with E-state index in [4.69, 9.17) is 4.74 Å². The molecule has 2 nitrogen and oxygen atoms in total. The van der Waals surface area contributed by atoms with Gasteiger partial charge >= 0.3 is 12.7 Å². The summed E-state index contributed by atoms with van der Waals surface area (Å²) in [7, 11) is 0. The monoisotopic (exact) mass is 514 g/mol. The van der Waals surface area contributed by atoms with Gasteiger partial charge in [0.05, 0.1) is 5.56 Å². The fourth-order valence-corrected chi connectivity index (χ4v) is 3.70. The van der Waals surface area contributed by atoms with Gasteiger partial charge in [-0.15, -0.1) is 0 Å². The van der Waals surface area contributed by atoms with Gasteiger partial charge in [-0.2, -0.15) is 17.6 Å². The van der Waals surface area contributed by atoms with Crippen LogP contribution in [0.3, 0.4) is 0 Å². The van der Waals surface area contributed by atoms with Crippen LogP contribution >= 0.6 is 0 Å². The molecule has 3 aromatic rings. The summed E-state index contributed by atoms with van der Waals surface area (Å²) in [6, 6.07) is 10.9. The second-order valence-electron chi connectivity index (χ2n) is 8.30. The molecule has 0 N–H and O–H groups in total. The zero-order valence-electron chi connectivity index (χ0n) is 19.5. The summed E-state index contributed by atoms with van der Waals surface area (Å²) in [6.07, 6.45) is -0.0650. The molecule has 0 atom stereocenters. The van der Waals surface area contributed by atoms with Crippen molar-refractivity contribution in [3.8, 4) is 11.5 Å². The molecule has 3 aromatic carbocycles. The first-order valence-electron chi connectivity index (χ1n) is 11.5. The fourth-order valence-electron chi connectivity index (χ4n) is 3.70. The van der Waals surface area contributed by atoms with E-state index < -0.39 is 41.5 Å². The standard InChI is InChI=1S/C27H25F7O2/c1-2-3-4-5-18-10-13-21(22(28)14-18)27(33,34)36-20-11-8-17(9-12-20)6-7-19-15-23(29)25(24(30)16-19)35-26(31)32/h8-16,26H,2-7H2,1H3. The van der Waals surface area contributed by atoms with Gasteiger partial charge in [0, 0.05) is 0 Å². The maximum Gasteiger partial charge on any atom is 0.429 e. The molecule has 0 aliphatic rings. The third kappa shape index (κ3) is 7.38. The minimum absolute atomic E-state index is 0.148. The van der Waals surface area contributed by atoms with Gasteiger partial charge < -0.3 is 9.47 Å². The number of benzene rings is 3. The van der Waals surface area contributed by atoms with Crippen molar-refractivity contribution in [3.63, 3.8) is 0 Å². The first-order valence-corrected chi connectivity index (χ1v) is 11.5. The first-order chi connectivity index (χ1) is 17.1. The van der Waals surface area contributed by atoms with Crippen LogP contribution in [-0.4, -0.2) is 6.61 Å². The Balaban J connectivity index is 1.61. The van der Waals surface area contributed by atoms with Crippen molar-refractivity contribution in [3.05, 3.63) is 94.3 Å². The Bertz CT molecular complexity index is 1120. The van der Waals surface area contributed by atoms with E-state index in [2.05, 4.69) is 4.74 Å². The molecule has 0 aromatic heterocycles. The highest BCUT2D eigenvalue weighted by molar-refractivity contribution is 5.34. The van der Waals surface area contributed by atoms with Gasteiger partial charge in [0.2, 0.25) is 0 Å². The summed E-state index contributed by atoms with van der Waals surface area (Å²) in [5.74, 6) is -4.90. The first kappa shape index (κ1) is 27.4. The number of rotatable bonds is 12. The van der Waals surface area contributed by atoms with Crippen LogP contribution < -0.4 is 9.47 Å². The number of hydrogen-bond donors (Lipinski definition) is 0. The maximum atomic E-state index is 14.6. The third-order valence-corrected chi connectivity index (χ3v) is 5.55. The van der Waals surface area contributed by atoms with Gasteiger partial charge in [0.1, 0.15) is 11.6 Å². The van der Waals surface area contributed by atoms with E-state index in [0.29, 0.717) is 17.5 Å². The van der Waals surface area contributed by atoms with Gasteiger partial charge in [-0.1, -0.05) is 38.0 Å². The van der Waals surface area contributed by atoms with Crippen molar-refractivity contribution in [1.29, 1.82) is 0 Å². The minimum Gasteiger partial charge on any atom is -0.429 e. The second kappa shape index (κ2) is 12.1. The molecule has 36 heavy (non-hydrogen) atoms. The zero-order chi connectivity index (χ0) is 26.3. The highest BCUT2D eigenvalue weighted by Gasteiger charge is 2.37. The summed E-state index contributed by atoms with van der Waals surface area (Å²) in [6.45, 7) is -1.33. The Morgan fingerprint density at radius 2 is 1.31 bits per heavy atom. The molecular weight excluding hydrogens is 489 g/mol. The highest BCUT2D eigenvalue weighted by Crippen LogP contribution is 2.34. The normalized spacial score (nSPS) is 11.7. The van der Waals surface area contributed by atoms with Crippen LogP contribution in [0.2, 0.25) is 0 Å². The number of unbranched alkanes of at least 4 members (excludes halogenated alkanes) is 2. The Morgan fingerprint density at radius 3 is 1.89 bits per heavy atom. The van der Waals surface area contributed by atoms with Gasteiger partial charge in [-0.3, -0.25) is 0 Å². The summed E-state index contributed by atoms with van der Waals surface area (Å²) in [4.78, 5) is 0. The number of aryl methyl sites for hydroxylation is 3. The second-order valence-corrected chi connectivity index (χ2v) is 8.30. The Hall–Kier alpha value is -3.23. The van der Waals surface area contributed by atoms with E-state index in [1.165, 1.54) is 30.3 Å². The van der Waals surface area contributed by atoms with E-state index in [1.54, 1.807) is 0 Å². The molecule has 0 amide bonds. The predicted octanol–water partition coefficient (Wildman–Crippen LogP) is 8.35. The zero-order valence-corrected chi connectivity index (χ0v) is 19.5.